The van der Waals surface area contributed by atoms with E-state index in [1.54, 1.807) is 0 Å². The normalized spacial score (nSPS) is 10.4. The van der Waals surface area contributed by atoms with Crippen molar-refractivity contribution < 1.29 is 9.72 Å². The number of pyridine rings is 1. The molecule has 3 aromatic rings. The maximum atomic E-state index is 12.3. The van der Waals surface area contributed by atoms with Crippen molar-refractivity contribution in [1.29, 1.82) is 0 Å². The summed E-state index contributed by atoms with van der Waals surface area (Å²) in [4.78, 5) is 38.1. The first kappa shape index (κ1) is 16.5. The monoisotopic (exact) mass is 356 g/mol. The van der Waals surface area contributed by atoms with Gasteiger partial charge >= 0.3 is 5.00 Å². The van der Waals surface area contributed by atoms with Gasteiger partial charge < -0.3 is 4.57 Å². The molecule has 1 aromatic carbocycles. The summed E-state index contributed by atoms with van der Waals surface area (Å²) in [7, 11) is 0. The number of nitro groups is 1. The van der Waals surface area contributed by atoms with Crippen molar-refractivity contribution >= 4 is 27.4 Å². The second kappa shape index (κ2) is 7.05. The van der Waals surface area contributed by atoms with Crippen molar-refractivity contribution in [2.75, 3.05) is 5.32 Å². The molecule has 0 radical (unpaired) electrons. The van der Waals surface area contributed by atoms with Crippen LogP contribution in [0.25, 0.3) is 0 Å². The van der Waals surface area contributed by atoms with E-state index in [1.165, 1.54) is 22.9 Å². The third-order valence-corrected chi connectivity index (χ3v) is 4.20. The molecule has 3 rings (SSSR count). The molecule has 0 aliphatic carbocycles. The Bertz CT molecular complexity index is 981. The number of nitrogens with one attached hydrogen (secondary N) is 1. The average molecular weight is 356 g/mol. The Hall–Kier alpha value is -3.33. The molecule has 0 aliphatic heterocycles. The SMILES string of the molecule is O=C(Nc1ncc([N+](=O)[O-])s1)c1ccc(=O)n(Cc2ccccc2)c1. The Labute approximate surface area is 145 Å². The molecule has 9 heteroatoms. The quantitative estimate of drug-likeness (QED) is 0.558. The Morgan fingerprint density at radius 1 is 1.24 bits per heavy atom. The molecule has 1 N–H and O–H groups in total. The summed E-state index contributed by atoms with van der Waals surface area (Å²) in [6, 6.07) is 12.1. The number of benzene rings is 1. The number of carbonyl (C=O) groups is 1. The zero-order chi connectivity index (χ0) is 17.8. The molecule has 0 atom stereocenters. The molecule has 0 bridgehead atoms. The lowest BCUT2D eigenvalue weighted by Crippen LogP contribution is -2.22. The minimum Gasteiger partial charge on any atom is -0.310 e. The first-order chi connectivity index (χ1) is 12.0. The molecule has 25 heavy (non-hydrogen) atoms. The lowest BCUT2D eigenvalue weighted by Gasteiger charge is -2.08. The van der Waals surface area contributed by atoms with E-state index >= 15 is 0 Å². The van der Waals surface area contributed by atoms with E-state index < -0.39 is 10.8 Å². The smallest absolute Gasteiger partial charge is 0.310 e. The third-order valence-electron chi connectivity index (χ3n) is 3.34. The molecular formula is C16H12N4O4S. The zero-order valence-corrected chi connectivity index (χ0v) is 13.6. The fraction of sp³-hybridized carbons (Fsp3) is 0.0625. The molecule has 0 aliphatic rings. The maximum absolute atomic E-state index is 12.3. The van der Waals surface area contributed by atoms with Crippen molar-refractivity contribution in [3.05, 3.63) is 86.5 Å². The van der Waals surface area contributed by atoms with Crippen molar-refractivity contribution in [3.8, 4) is 0 Å². The van der Waals surface area contributed by atoms with Gasteiger partial charge in [-0.05, 0) is 23.0 Å². The number of rotatable bonds is 5. The number of thiazole rings is 1. The second-order valence-corrected chi connectivity index (χ2v) is 6.09. The van der Waals surface area contributed by atoms with Crippen LogP contribution in [0.2, 0.25) is 0 Å². The van der Waals surface area contributed by atoms with E-state index in [4.69, 9.17) is 0 Å². The van der Waals surface area contributed by atoms with E-state index in [1.807, 2.05) is 30.3 Å². The standard InChI is InChI=1S/C16H12N4O4S/c21-13-7-6-12(10-19(13)9-11-4-2-1-3-5-11)15(22)18-16-17-8-14(25-16)20(23)24/h1-8,10H,9H2,(H,17,18,22). The molecular weight excluding hydrogens is 344 g/mol. The van der Waals surface area contributed by atoms with E-state index in [2.05, 4.69) is 10.3 Å². The Morgan fingerprint density at radius 2 is 2.00 bits per heavy atom. The van der Waals surface area contributed by atoms with Gasteiger partial charge in [-0.3, -0.25) is 25.0 Å². The fourth-order valence-electron chi connectivity index (χ4n) is 2.15. The number of aromatic nitrogens is 2. The highest BCUT2D eigenvalue weighted by atomic mass is 32.1. The summed E-state index contributed by atoms with van der Waals surface area (Å²) in [5.74, 6) is -0.494. The van der Waals surface area contributed by atoms with Gasteiger partial charge in [-0.25, -0.2) is 4.98 Å². The predicted molar refractivity (Wildman–Crippen MR) is 93.0 cm³/mol. The Balaban J connectivity index is 1.79. The fourth-order valence-corrected chi connectivity index (χ4v) is 2.77. The minimum absolute atomic E-state index is 0.123. The van der Waals surface area contributed by atoms with Gasteiger partial charge in [0.05, 0.1) is 17.0 Å². The summed E-state index contributed by atoms with van der Waals surface area (Å²) in [5, 5.41) is 13.1. The van der Waals surface area contributed by atoms with Gasteiger partial charge in [0.1, 0.15) is 6.20 Å². The number of nitrogens with zero attached hydrogens (tertiary/aromatic N) is 3. The largest absolute Gasteiger partial charge is 0.345 e. The highest BCUT2D eigenvalue weighted by Crippen LogP contribution is 2.25. The molecule has 1 amide bonds. The number of carbonyl (C=O) groups excluding carboxylic acids is 1. The highest BCUT2D eigenvalue weighted by Gasteiger charge is 2.15. The molecule has 0 unspecified atom stereocenters. The number of hydrogen-bond acceptors (Lipinski definition) is 6. The van der Waals surface area contributed by atoms with Crippen LogP contribution in [-0.4, -0.2) is 20.4 Å². The van der Waals surface area contributed by atoms with E-state index in [0.29, 0.717) is 6.54 Å². The predicted octanol–water partition coefficient (Wildman–Crippen LogP) is 2.51. The van der Waals surface area contributed by atoms with Crippen LogP contribution in [0.4, 0.5) is 10.1 Å². The van der Waals surface area contributed by atoms with Crippen LogP contribution in [0.1, 0.15) is 15.9 Å². The van der Waals surface area contributed by atoms with Crippen molar-refractivity contribution in [2.45, 2.75) is 6.54 Å². The van der Waals surface area contributed by atoms with Crippen LogP contribution in [0.3, 0.4) is 0 Å². The summed E-state index contributed by atoms with van der Waals surface area (Å²) in [5.41, 5.74) is 0.955. The van der Waals surface area contributed by atoms with Gasteiger partial charge in [-0.1, -0.05) is 30.3 Å². The first-order valence-corrected chi connectivity index (χ1v) is 8.00. The lowest BCUT2D eigenvalue weighted by atomic mass is 10.2. The van der Waals surface area contributed by atoms with E-state index in [-0.39, 0.29) is 21.3 Å². The van der Waals surface area contributed by atoms with Gasteiger partial charge in [0.15, 0.2) is 5.13 Å². The molecule has 2 aromatic heterocycles. The van der Waals surface area contributed by atoms with Crippen LogP contribution in [0.15, 0.2) is 59.7 Å². The van der Waals surface area contributed by atoms with Crippen LogP contribution in [-0.2, 0) is 6.54 Å². The van der Waals surface area contributed by atoms with E-state index in [9.17, 15) is 19.7 Å². The number of anilines is 1. The third kappa shape index (κ3) is 3.96. The number of hydrogen-bond donors (Lipinski definition) is 1. The van der Waals surface area contributed by atoms with Gasteiger partial charge in [0.2, 0.25) is 0 Å². The molecule has 8 nitrogen and oxygen atoms in total. The topological polar surface area (TPSA) is 107 Å². The van der Waals surface area contributed by atoms with Gasteiger partial charge in [0, 0.05) is 12.3 Å². The zero-order valence-electron chi connectivity index (χ0n) is 12.8. The van der Waals surface area contributed by atoms with Crippen molar-refractivity contribution in [1.82, 2.24) is 9.55 Å². The Morgan fingerprint density at radius 3 is 2.68 bits per heavy atom. The summed E-state index contributed by atoms with van der Waals surface area (Å²) in [6.07, 6.45) is 2.53. The van der Waals surface area contributed by atoms with Gasteiger partial charge in [-0.15, -0.1) is 0 Å². The first-order valence-electron chi connectivity index (χ1n) is 7.19. The van der Waals surface area contributed by atoms with Crippen molar-refractivity contribution in [3.63, 3.8) is 0 Å². The molecule has 0 saturated carbocycles. The average Bonchev–Trinajstić information content (AvgIpc) is 3.06. The molecule has 2 heterocycles. The summed E-state index contributed by atoms with van der Waals surface area (Å²) >= 11 is 0.763. The van der Waals surface area contributed by atoms with E-state index in [0.717, 1.165) is 23.1 Å². The Kier molecular flexibility index (Phi) is 4.66. The van der Waals surface area contributed by atoms with Gasteiger partial charge in [0.25, 0.3) is 11.5 Å². The van der Waals surface area contributed by atoms with Crippen LogP contribution in [0, 0.1) is 10.1 Å². The molecule has 126 valence electrons. The lowest BCUT2D eigenvalue weighted by molar-refractivity contribution is -0.380. The molecule has 0 fully saturated rings. The summed E-state index contributed by atoms with van der Waals surface area (Å²) in [6.45, 7) is 0.337. The van der Waals surface area contributed by atoms with Crippen LogP contribution < -0.4 is 10.9 Å². The second-order valence-electron chi connectivity index (χ2n) is 5.08. The van der Waals surface area contributed by atoms with Crippen molar-refractivity contribution in [2.24, 2.45) is 0 Å². The van der Waals surface area contributed by atoms with Crippen LogP contribution >= 0.6 is 11.3 Å². The minimum atomic E-state index is -0.576. The molecule has 0 saturated heterocycles. The highest BCUT2D eigenvalue weighted by molar-refractivity contribution is 7.18. The summed E-state index contributed by atoms with van der Waals surface area (Å²) < 4.78 is 1.43. The maximum Gasteiger partial charge on any atom is 0.345 e. The van der Waals surface area contributed by atoms with Gasteiger partial charge in [-0.2, -0.15) is 0 Å². The van der Waals surface area contributed by atoms with Crippen LogP contribution in [0.5, 0.6) is 0 Å². The number of amides is 1. The molecule has 0 spiro atoms.